The average Bonchev–Trinajstić information content (AvgIpc) is 2.72. The maximum absolute atomic E-state index is 11.6. The summed E-state index contributed by atoms with van der Waals surface area (Å²) in [5.41, 5.74) is 4.29. The van der Waals surface area contributed by atoms with Crippen LogP contribution >= 0.6 is 0 Å². The largest absolute Gasteiger partial charge is 1.00 e. The Morgan fingerprint density at radius 2 is 2.06 bits per heavy atom. The molecular formula is C12H15ClN2O2. The van der Waals surface area contributed by atoms with Gasteiger partial charge in [-0.1, -0.05) is 18.2 Å². The van der Waals surface area contributed by atoms with Gasteiger partial charge in [0.25, 0.3) is 0 Å². The summed E-state index contributed by atoms with van der Waals surface area (Å²) in [6.45, 7) is 1.73. The van der Waals surface area contributed by atoms with Gasteiger partial charge >= 0.3 is 5.91 Å². The lowest BCUT2D eigenvalue weighted by molar-refractivity contribution is -0.326. The topological polar surface area (TPSA) is 69.7 Å². The fourth-order valence-electron chi connectivity index (χ4n) is 1.84. The van der Waals surface area contributed by atoms with Gasteiger partial charge in [0, 0.05) is 29.8 Å². The third-order valence-electron chi connectivity index (χ3n) is 3.04. The molecule has 0 saturated carbocycles. The first-order chi connectivity index (χ1) is 7.59. The molecular weight excluding hydrogens is 240 g/mol. The summed E-state index contributed by atoms with van der Waals surface area (Å²) in [5, 5.41) is 0.990. The zero-order valence-corrected chi connectivity index (χ0v) is 10.5. The van der Waals surface area contributed by atoms with Gasteiger partial charge in [0.1, 0.15) is 0 Å². The van der Waals surface area contributed by atoms with Crippen LogP contribution in [0.15, 0.2) is 30.5 Å². The molecule has 1 atom stereocenters. The lowest BCUT2D eigenvalue weighted by Gasteiger charge is -2.21. The standard InChI is InChI=1S/C12H14N2O2.ClH/c1-12(16-2,11(13)15)9-7-14-10-6-4-3-5-8(9)10;/h3-7,14H,1-2H3,(H2,13,15);1H/t12-;/m1./s1. The molecule has 2 aromatic rings. The van der Waals surface area contributed by atoms with Gasteiger partial charge in [-0.2, -0.15) is 0 Å². The van der Waals surface area contributed by atoms with E-state index in [0.29, 0.717) is 0 Å². The van der Waals surface area contributed by atoms with Gasteiger partial charge in [-0.3, -0.25) is 5.73 Å². The number of para-hydroxylation sites is 1. The van der Waals surface area contributed by atoms with Crippen molar-refractivity contribution < 1.29 is 27.7 Å². The normalized spacial score (nSPS) is 14.1. The molecule has 92 valence electrons. The molecule has 0 spiro atoms. The highest BCUT2D eigenvalue weighted by Gasteiger charge is 2.38. The summed E-state index contributed by atoms with van der Waals surface area (Å²) in [6.07, 6.45) is 1.80. The van der Waals surface area contributed by atoms with E-state index in [-0.39, 0.29) is 18.3 Å². The van der Waals surface area contributed by atoms with Crippen molar-refractivity contribution in [2.45, 2.75) is 12.5 Å². The van der Waals surface area contributed by atoms with Gasteiger partial charge in [-0.25, -0.2) is 4.79 Å². The summed E-state index contributed by atoms with van der Waals surface area (Å²) in [7, 11) is 1.52. The Labute approximate surface area is 106 Å². The Balaban J connectivity index is 0.00000144. The molecule has 0 aliphatic rings. The molecule has 4 N–H and O–H groups in total. The zero-order valence-electron chi connectivity index (χ0n) is 9.79. The minimum atomic E-state index is -0.987. The number of ether oxygens (including phenoxy) is 1. The van der Waals surface area contributed by atoms with Gasteiger partial charge in [-0.15, -0.1) is 0 Å². The number of carbonyl (C=O) groups excluding carboxylic acids is 1. The Kier molecular flexibility index (Phi) is 3.93. The quantitative estimate of drug-likeness (QED) is 0.653. The van der Waals surface area contributed by atoms with Gasteiger partial charge in [-0.05, 0) is 13.0 Å². The fourth-order valence-corrected chi connectivity index (χ4v) is 1.84. The monoisotopic (exact) mass is 254 g/mol. The van der Waals surface area contributed by atoms with Crippen LogP contribution in [-0.4, -0.2) is 18.0 Å². The number of carbonyl (C=O) groups is 1. The second-order valence-electron chi connectivity index (χ2n) is 3.91. The van der Waals surface area contributed by atoms with Crippen LogP contribution in [-0.2, 0) is 15.1 Å². The number of hydrogen-bond donors (Lipinski definition) is 2. The molecule has 0 aliphatic heterocycles. The summed E-state index contributed by atoms with van der Waals surface area (Å²) < 4.78 is 5.32. The predicted octanol–water partition coefficient (Wildman–Crippen LogP) is -2.20. The number of halogens is 1. The Hall–Kier alpha value is -1.36. The van der Waals surface area contributed by atoms with Crippen molar-refractivity contribution in [1.82, 2.24) is 4.98 Å². The average molecular weight is 255 g/mol. The SMILES string of the molecule is CO[C@@](C)(C([NH3+])=O)c1c[nH]c2ccccc12.[Cl-]. The number of nitrogens with one attached hydrogen (secondary N) is 1. The minimum absolute atomic E-state index is 0. The van der Waals surface area contributed by atoms with Crippen LogP contribution in [0.25, 0.3) is 10.9 Å². The molecule has 5 heteroatoms. The van der Waals surface area contributed by atoms with Crippen LogP contribution in [0.4, 0.5) is 0 Å². The first-order valence-electron chi connectivity index (χ1n) is 5.07. The maximum Gasteiger partial charge on any atom is 0.345 e. The fraction of sp³-hybridized carbons (Fsp3) is 0.250. The Morgan fingerprint density at radius 1 is 1.41 bits per heavy atom. The summed E-state index contributed by atoms with van der Waals surface area (Å²) in [5.74, 6) is -0.250. The van der Waals surface area contributed by atoms with Crippen molar-refractivity contribution in [3.8, 4) is 0 Å². The van der Waals surface area contributed by atoms with Crippen molar-refractivity contribution in [2.24, 2.45) is 0 Å². The molecule has 1 amide bonds. The number of hydrogen-bond acceptors (Lipinski definition) is 2. The molecule has 4 nitrogen and oxygen atoms in total. The number of aromatic nitrogens is 1. The molecule has 0 bridgehead atoms. The maximum atomic E-state index is 11.6. The molecule has 0 radical (unpaired) electrons. The number of quaternary nitrogens is 1. The number of benzene rings is 1. The van der Waals surface area contributed by atoms with Gasteiger partial charge in [0.15, 0.2) is 0 Å². The minimum Gasteiger partial charge on any atom is -1.00 e. The smallest absolute Gasteiger partial charge is 0.345 e. The van der Waals surface area contributed by atoms with E-state index in [0.717, 1.165) is 16.5 Å². The molecule has 0 aliphatic carbocycles. The van der Waals surface area contributed by atoms with Crippen molar-refractivity contribution in [3.05, 3.63) is 36.0 Å². The van der Waals surface area contributed by atoms with Crippen LogP contribution in [0.2, 0.25) is 0 Å². The molecule has 0 saturated heterocycles. The summed E-state index contributed by atoms with van der Waals surface area (Å²) in [6, 6.07) is 7.80. The van der Waals surface area contributed by atoms with Crippen molar-refractivity contribution >= 4 is 16.8 Å². The van der Waals surface area contributed by atoms with Crippen LogP contribution in [0.5, 0.6) is 0 Å². The Morgan fingerprint density at radius 3 is 2.65 bits per heavy atom. The summed E-state index contributed by atoms with van der Waals surface area (Å²) in [4.78, 5) is 14.7. The highest BCUT2D eigenvalue weighted by molar-refractivity contribution is 5.90. The van der Waals surface area contributed by atoms with Gasteiger partial charge < -0.3 is 22.1 Å². The van der Waals surface area contributed by atoms with E-state index < -0.39 is 5.60 Å². The third-order valence-corrected chi connectivity index (χ3v) is 3.04. The number of aromatic amines is 1. The van der Waals surface area contributed by atoms with E-state index in [9.17, 15) is 4.79 Å². The predicted molar refractivity (Wildman–Crippen MR) is 60.6 cm³/mol. The van der Waals surface area contributed by atoms with Crippen LogP contribution < -0.4 is 18.1 Å². The number of methoxy groups -OCH3 is 1. The van der Waals surface area contributed by atoms with Crippen molar-refractivity contribution in [1.29, 1.82) is 0 Å². The molecule has 17 heavy (non-hydrogen) atoms. The first kappa shape index (κ1) is 13.7. The van der Waals surface area contributed by atoms with E-state index in [4.69, 9.17) is 4.74 Å². The molecule has 1 aromatic heterocycles. The number of rotatable bonds is 3. The highest BCUT2D eigenvalue weighted by Crippen LogP contribution is 2.30. The van der Waals surface area contributed by atoms with Crippen molar-refractivity contribution in [3.63, 3.8) is 0 Å². The van der Waals surface area contributed by atoms with E-state index in [1.807, 2.05) is 24.3 Å². The van der Waals surface area contributed by atoms with Gasteiger partial charge in [0.2, 0.25) is 5.60 Å². The number of amides is 1. The summed E-state index contributed by atoms with van der Waals surface area (Å²) >= 11 is 0. The second kappa shape index (κ2) is 4.87. The first-order valence-corrected chi connectivity index (χ1v) is 5.07. The van der Waals surface area contributed by atoms with Crippen molar-refractivity contribution in [2.75, 3.05) is 7.11 Å². The van der Waals surface area contributed by atoms with E-state index >= 15 is 0 Å². The van der Waals surface area contributed by atoms with Crippen LogP contribution in [0.1, 0.15) is 12.5 Å². The molecule has 2 rings (SSSR count). The Bertz CT molecular complexity index is 538. The zero-order chi connectivity index (χ0) is 11.8. The number of H-pyrrole nitrogens is 1. The van der Waals surface area contributed by atoms with E-state index in [1.54, 1.807) is 13.1 Å². The molecule has 1 aromatic carbocycles. The second-order valence-corrected chi connectivity index (χ2v) is 3.91. The third kappa shape index (κ3) is 2.07. The molecule has 0 unspecified atom stereocenters. The molecule has 1 heterocycles. The van der Waals surface area contributed by atoms with Crippen LogP contribution in [0.3, 0.4) is 0 Å². The highest BCUT2D eigenvalue weighted by atomic mass is 35.5. The van der Waals surface area contributed by atoms with Crippen LogP contribution in [0, 0.1) is 0 Å². The van der Waals surface area contributed by atoms with Gasteiger partial charge in [0.05, 0.1) is 0 Å². The molecule has 0 fully saturated rings. The lowest BCUT2D eigenvalue weighted by atomic mass is 9.94. The van der Waals surface area contributed by atoms with E-state index in [2.05, 4.69) is 10.7 Å². The van der Waals surface area contributed by atoms with E-state index in [1.165, 1.54) is 7.11 Å². The number of fused-ring (bicyclic) bond motifs is 1. The lowest BCUT2D eigenvalue weighted by Crippen LogP contribution is -3.00.